The number of nitrogens with one attached hydrogen (secondary N) is 1. The maximum Gasteiger partial charge on any atom is 0.255 e. The van der Waals surface area contributed by atoms with Crippen LogP contribution >= 0.6 is 0 Å². The van der Waals surface area contributed by atoms with Crippen LogP contribution in [0.25, 0.3) is 0 Å². The van der Waals surface area contributed by atoms with Gasteiger partial charge in [0.25, 0.3) is 5.91 Å². The Bertz CT molecular complexity index is 1760. The highest BCUT2D eigenvalue weighted by atomic mass is 16.5. The van der Waals surface area contributed by atoms with E-state index >= 15 is 0 Å². The van der Waals surface area contributed by atoms with E-state index in [1.54, 1.807) is 17.0 Å². The maximum atomic E-state index is 14.0. The summed E-state index contributed by atoms with van der Waals surface area (Å²) in [5, 5.41) is 2.34. The van der Waals surface area contributed by atoms with Crippen molar-refractivity contribution >= 4 is 29.5 Å². The van der Waals surface area contributed by atoms with Crippen LogP contribution < -0.4 is 11.1 Å². The molecule has 3 fully saturated rings. The zero-order valence-electron chi connectivity index (χ0n) is 31.0. The summed E-state index contributed by atoms with van der Waals surface area (Å²) >= 11 is 0. The lowest BCUT2D eigenvalue weighted by atomic mass is 9.86. The number of fused-ring (bicyclic) bond motifs is 1. The molecule has 2 aromatic rings. The Kier molecular flexibility index (Phi) is 12.0. The van der Waals surface area contributed by atoms with E-state index in [4.69, 9.17) is 15.2 Å². The average molecular weight is 726 g/mol. The zero-order chi connectivity index (χ0) is 37.7. The summed E-state index contributed by atoms with van der Waals surface area (Å²) < 4.78 is 12.3. The van der Waals surface area contributed by atoms with Crippen LogP contribution in [0.1, 0.15) is 98.9 Å². The number of nitrogens with two attached hydrogens (primary N) is 1. The Labute approximate surface area is 311 Å². The molecule has 4 heterocycles. The number of ether oxygens (including phenoxy) is 2. The van der Waals surface area contributed by atoms with Crippen molar-refractivity contribution in [1.29, 1.82) is 0 Å². The predicted octanol–water partition coefficient (Wildman–Crippen LogP) is 3.32. The number of unbranched alkanes of at least 4 members (excludes halogenated alkanes) is 3. The number of carbonyl (C=O) groups excluding carboxylic acids is 5. The molecule has 5 atom stereocenters. The molecular formula is C41H51N5O7. The smallest absolute Gasteiger partial charge is 0.255 e. The standard InChI is InChI=1S/C41H51N5O7/c1-41(2,3)36(42)40(51)45-24-29(23-33(45)39(50)44-20-22-53-34(26-44)28-14-9-7-10-15-28)52-21-11-6-4-5-8-13-27-16-12-17-30-31(27)25-46(38(30)49)32-18-19-35(47)43-37(32)48/h7,9-10,12,14-17,29,32-34,36H,4-6,11,18-26,42H2,1-3H3,(H,43,47,48)/t29-,32?,33-,34-,36+/m0/s1. The molecule has 12 heteroatoms. The number of carbonyl (C=O) groups is 5. The van der Waals surface area contributed by atoms with Gasteiger partial charge in [-0.1, -0.05) is 75.4 Å². The lowest BCUT2D eigenvalue weighted by molar-refractivity contribution is -0.150. The minimum atomic E-state index is -0.749. The van der Waals surface area contributed by atoms with Gasteiger partial charge in [-0.2, -0.15) is 0 Å². The van der Waals surface area contributed by atoms with E-state index in [2.05, 4.69) is 17.2 Å². The molecule has 0 aromatic heterocycles. The van der Waals surface area contributed by atoms with Crippen molar-refractivity contribution < 1.29 is 33.4 Å². The van der Waals surface area contributed by atoms with Crippen LogP contribution in [0.5, 0.6) is 0 Å². The molecule has 4 aliphatic heterocycles. The van der Waals surface area contributed by atoms with Crippen molar-refractivity contribution in [3.8, 4) is 11.8 Å². The summed E-state index contributed by atoms with van der Waals surface area (Å²) in [7, 11) is 0. The molecule has 3 N–H and O–H groups in total. The third kappa shape index (κ3) is 8.81. The summed E-state index contributed by atoms with van der Waals surface area (Å²) in [5.41, 5.74) is 9.13. The fourth-order valence-electron chi connectivity index (χ4n) is 7.48. The van der Waals surface area contributed by atoms with Crippen LogP contribution in [0.3, 0.4) is 0 Å². The van der Waals surface area contributed by atoms with Crippen molar-refractivity contribution in [1.82, 2.24) is 20.0 Å². The summed E-state index contributed by atoms with van der Waals surface area (Å²) in [6.45, 7) is 8.22. The van der Waals surface area contributed by atoms with Crippen molar-refractivity contribution in [3.05, 3.63) is 70.8 Å². The van der Waals surface area contributed by atoms with E-state index in [9.17, 15) is 24.0 Å². The van der Waals surface area contributed by atoms with Crippen molar-refractivity contribution in [3.63, 3.8) is 0 Å². The monoisotopic (exact) mass is 725 g/mol. The number of rotatable bonds is 10. The number of benzene rings is 2. The maximum absolute atomic E-state index is 14.0. The highest BCUT2D eigenvalue weighted by Crippen LogP contribution is 2.31. The van der Waals surface area contributed by atoms with Gasteiger partial charge in [-0.15, -0.1) is 0 Å². The number of hydrogen-bond donors (Lipinski definition) is 2. The number of morpholine rings is 1. The lowest BCUT2D eigenvalue weighted by Gasteiger charge is -2.37. The van der Waals surface area contributed by atoms with Crippen LogP contribution in [-0.2, 0) is 35.2 Å². The van der Waals surface area contributed by atoms with Gasteiger partial charge < -0.3 is 29.9 Å². The second-order valence-electron chi connectivity index (χ2n) is 15.5. The SMILES string of the molecule is CC(C)(C)[C@H](N)C(=O)N1C[C@@H](OCCCCCC#Cc2cccc3c2CN(C2CCC(=O)NC2=O)C3=O)C[C@H]1C(=O)N1CCO[C@H](c2ccccc2)C1. The predicted molar refractivity (Wildman–Crippen MR) is 197 cm³/mol. The fourth-order valence-corrected chi connectivity index (χ4v) is 7.48. The highest BCUT2D eigenvalue weighted by molar-refractivity contribution is 6.05. The van der Waals surface area contributed by atoms with Gasteiger partial charge in [-0.25, -0.2) is 0 Å². The van der Waals surface area contributed by atoms with E-state index < -0.39 is 29.4 Å². The quantitative estimate of drug-likeness (QED) is 0.215. The molecule has 0 bridgehead atoms. The van der Waals surface area contributed by atoms with Gasteiger partial charge >= 0.3 is 0 Å². The minimum absolute atomic E-state index is 0.0922. The third-order valence-corrected chi connectivity index (χ3v) is 10.7. The first-order chi connectivity index (χ1) is 25.4. The van der Waals surface area contributed by atoms with E-state index in [0.717, 1.165) is 36.0 Å². The third-order valence-electron chi connectivity index (χ3n) is 10.7. The number of amides is 5. The van der Waals surface area contributed by atoms with E-state index in [1.807, 2.05) is 62.1 Å². The molecule has 282 valence electrons. The normalized spacial score (nSPS) is 23.7. The molecule has 2 aromatic carbocycles. The molecular weight excluding hydrogens is 674 g/mol. The van der Waals surface area contributed by atoms with Crippen LogP contribution in [-0.4, -0.2) is 101 Å². The average Bonchev–Trinajstić information content (AvgIpc) is 3.73. The second-order valence-corrected chi connectivity index (χ2v) is 15.5. The van der Waals surface area contributed by atoms with Crippen molar-refractivity contribution in [2.75, 3.05) is 32.8 Å². The van der Waals surface area contributed by atoms with Gasteiger partial charge in [0.2, 0.25) is 23.6 Å². The number of imide groups is 1. The van der Waals surface area contributed by atoms with Crippen LogP contribution in [0.15, 0.2) is 48.5 Å². The van der Waals surface area contributed by atoms with Crippen molar-refractivity contribution in [2.24, 2.45) is 11.1 Å². The van der Waals surface area contributed by atoms with Gasteiger partial charge in [0.05, 0.1) is 25.3 Å². The molecule has 53 heavy (non-hydrogen) atoms. The Morgan fingerprint density at radius 1 is 1.04 bits per heavy atom. The number of piperidine rings is 1. The first-order valence-corrected chi connectivity index (χ1v) is 18.8. The largest absolute Gasteiger partial charge is 0.376 e. The zero-order valence-corrected chi connectivity index (χ0v) is 31.0. The first-order valence-electron chi connectivity index (χ1n) is 18.8. The van der Waals surface area contributed by atoms with Crippen LogP contribution in [0, 0.1) is 17.3 Å². The lowest BCUT2D eigenvalue weighted by Crippen LogP contribution is -2.56. The Morgan fingerprint density at radius 2 is 1.83 bits per heavy atom. The fraction of sp³-hybridized carbons (Fsp3) is 0.537. The molecule has 4 aliphatic rings. The van der Waals surface area contributed by atoms with E-state index in [-0.39, 0.29) is 42.3 Å². The Balaban J connectivity index is 0.989. The number of nitrogens with zero attached hydrogens (tertiary/aromatic N) is 3. The van der Waals surface area contributed by atoms with Crippen LogP contribution in [0.2, 0.25) is 0 Å². The molecule has 12 nitrogen and oxygen atoms in total. The Morgan fingerprint density at radius 3 is 2.58 bits per heavy atom. The summed E-state index contributed by atoms with van der Waals surface area (Å²) in [6, 6.07) is 13.3. The van der Waals surface area contributed by atoms with Gasteiger partial charge in [0, 0.05) is 56.6 Å². The van der Waals surface area contributed by atoms with Gasteiger partial charge in [-0.05, 0) is 47.9 Å². The molecule has 1 unspecified atom stereocenters. The molecule has 0 saturated carbocycles. The van der Waals surface area contributed by atoms with Crippen molar-refractivity contribution in [2.45, 2.75) is 103 Å². The topological polar surface area (TPSA) is 152 Å². The van der Waals surface area contributed by atoms with Gasteiger partial charge in [-0.3, -0.25) is 29.3 Å². The molecule has 3 saturated heterocycles. The molecule has 0 spiro atoms. The Hall–Kier alpha value is -4.57. The molecule has 6 rings (SSSR count). The number of hydrogen-bond acceptors (Lipinski definition) is 8. The summed E-state index contributed by atoms with van der Waals surface area (Å²) in [5.74, 6) is 5.19. The van der Waals surface area contributed by atoms with Gasteiger partial charge in [0.1, 0.15) is 18.2 Å². The van der Waals surface area contributed by atoms with Gasteiger partial charge in [0.15, 0.2) is 0 Å². The summed E-state index contributed by atoms with van der Waals surface area (Å²) in [6.07, 6.45) is 3.70. The highest BCUT2D eigenvalue weighted by Gasteiger charge is 2.45. The minimum Gasteiger partial charge on any atom is -0.376 e. The molecule has 5 amide bonds. The summed E-state index contributed by atoms with van der Waals surface area (Å²) in [4.78, 5) is 69.8. The molecule has 0 radical (unpaired) electrons. The molecule has 0 aliphatic carbocycles. The van der Waals surface area contributed by atoms with E-state index in [1.165, 1.54) is 4.90 Å². The number of likely N-dealkylation sites (tertiary alicyclic amines) is 1. The van der Waals surface area contributed by atoms with E-state index in [0.29, 0.717) is 64.2 Å². The second kappa shape index (κ2) is 16.6. The first kappa shape index (κ1) is 38.2. The van der Waals surface area contributed by atoms with Crippen LogP contribution in [0.4, 0.5) is 0 Å².